The molecular formula is C8H15NO2. The van der Waals surface area contributed by atoms with Crippen LogP contribution >= 0.6 is 0 Å². The Morgan fingerprint density at radius 1 is 1.82 bits per heavy atom. The van der Waals surface area contributed by atoms with Crippen molar-refractivity contribution in [2.24, 2.45) is 0 Å². The van der Waals surface area contributed by atoms with Gasteiger partial charge in [0.1, 0.15) is 6.04 Å². The molecule has 1 heterocycles. The predicted octanol–water partition coefficient (Wildman–Crippen LogP) is 1.02. The van der Waals surface area contributed by atoms with Gasteiger partial charge in [-0.3, -0.25) is 4.79 Å². The van der Waals surface area contributed by atoms with Gasteiger partial charge in [0.05, 0.1) is 0 Å². The number of hydrogen-bond donors (Lipinski definition) is 2. The van der Waals surface area contributed by atoms with E-state index in [1.165, 1.54) is 0 Å². The molecule has 0 radical (unpaired) electrons. The molecule has 0 aromatic rings. The van der Waals surface area contributed by atoms with E-state index >= 15 is 0 Å². The summed E-state index contributed by atoms with van der Waals surface area (Å²) >= 11 is 0. The summed E-state index contributed by atoms with van der Waals surface area (Å²) in [6.07, 6.45) is 3.53. The van der Waals surface area contributed by atoms with Crippen molar-refractivity contribution >= 4 is 5.97 Å². The van der Waals surface area contributed by atoms with Crippen LogP contribution in [-0.4, -0.2) is 23.7 Å². The zero-order chi connectivity index (χ0) is 8.69. The van der Waals surface area contributed by atoms with Crippen LogP contribution in [0.1, 0.15) is 19.8 Å². The standard InChI is InChI=1S/C5H9NO2.C3H6/c7-5(8)4-2-1-3-6-4;1-3-2/h4,6H,1-3H2,(H,7,8);3H,1H2,2H3/t4-;/m0./s1. The molecule has 1 fully saturated rings. The molecular weight excluding hydrogens is 142 g/mol. The van der Waals surface area contributed by atoms with Crippen LogP contribution in [-0.2, 0) is 4.79 Å². The van der Waals surface area contributed by atoms with Gasteiger partial charge in [-0.25, -0.2) is 0 Å². The maximum absolute atomic E-state index is 10.1. The lowest BCUT2D eigenvalue weighted by Gasteiger charge is -1.99. The van der Waals surface area contributed by atoms with Crippen LogP contribution in [0.2, 0.25) is 0 Å². The molecule has 1 atom stereocenters. The first kappa shape index (κ1) is 10.2. The maximum Gasteiger partial charge on any atom is 0.320 e. The van der Waals surface area contributed by atoms with Crippen molar-refractivity contribution in [1.29, 1.82) is 0 Å². The second kappa shape index (κ2) is 5.92. The Bertz CT molecular complexity index is 128. The molecule has 0 amide bonds. The summed E-state index contributed by atoms with van der Waals surface area (Å²) in [4.78, 5) is 10.1. The summed E-state index contributed by atoms with van der Waals surface area (Å²) in [6.45, 7) is 6.11. The fourth-order valence-electron chi connectivity index (χ4n) is 0.895. The maximum atomic E-state index is 10.1. The van der Waals surface area contributed by atoms with E-state index in [9.17, 15) is 4.79 Å². The molecule has 11 heavy (non-hydrogen) atoms. The first-order chi connectivity index (χ1) is 5.22. The summed E-state index contributed by atoms with van der Waals surface area (Å²) in [5, 5.41) is 11.2. The van der Waals surface area contributed by atoms with Crippen LogP contribution in [0.15, 0.2) is 12.7 Å². The molecule has 1 rings (SSSR count). The van der Waals surface area contributed by atoms with Crippen molar-refractivity contribution in [3.63, 3.8) is 0 Å². The summed E-state index contributed by atoms with van der Waals surface area (Å²) in [6, 6.07) is -0.269. The molecule has 3 nitrogen and oxygen atoms in total. The van der Waals surface area contributed by atoms with Crippen molar-refractivity contribution in [1.82, 2.24) is 5.32 Å². The largest absolute Gasteiger partial charge is 0.480 e. The summed E-state index contributed by atoms with van der Waals surface area (Å²) < 4.78 is 0. The summed E-state index contributed by atoms with van der Waals surface area (Å²) in [7, 11) is 0. The number of carboxylic acid groups (broad SMARTS) is 1. The van der Waals surface area contributed by atoms with Gasteiger partial charge < -0.3 is 10.4 Å². The first-order valence-electron chi connectivity index (χ1n) is 3.75. The summed E-state index contributed by atoms with van der Waals surface area (Å²) in [5.74, 6) is -0.720. The zero-order valence-corrected chi connectivity index (χ0v) is 6.84. The van der Waals surface area contributed by atoms with Crippen molar-refractivity contribution < 1.29 is 9.90 Å². The van der Waals surface area contributed by atoms with E-state index in [2.05, 4.69) is 11.9 Å². The highest BCUT2D eigenvalue weighted by Gasteiger charge is 2.20. The molecule has 0 aromatic heterocycles. The van der Waals surface area contributed by atoms with E-state index in [1.54, 1.807) is 6.08 Å². The number of nitrogens with one attached hydrogen (secondary N) is 1. The van der Waals surface area contributed by atoms with Crippen molar-refractivity contribution in [3.05, 3.63) is 12.7 Å². The SMILES string of the molecule is C=CC.O=C(O)[C@@H]1CCCN1. The monoisotopic (exact) mass is 157 g/mol. The van der Waals surface area contributed by atoms with Crippen molar-refractivity contribution in [2.75, 3.05) is 6.54 Å². The van der Waals surface area contributed by atoms with E-state index in [0.717, 1.165) is 19.4 Å². The van der Waals surface area contributed by atoms with Gasteiger partial charge in [-0.05, 0) is 26.3 Å². The van der Waals surface area contributed by atoms with E-state index in [4.69, 9.17) is 5.11 Å². The molecule has 0 saturated carbocycles. The lowest BCUT2D eigenvalue weighted by molar-refractivity contribution is -0.139. The van der Waals surface area contributed by atoms with Gasteiger partial charge >= 0.3 is 5.97 Å². The average molecular weight is 157 g/mol. The Hall–Kier alpha value is -0.830. The van der Waals surface area contributed by atoms with Crippen LogP contribution in [0.5, 0.6) is 0 Å². The van der Waals surface area contributed by atoms with Crippen LogP contribution in [0.25, 0.3) is 0 Å². The van der Waals surface area contributed by atoms with Crippen LogP contribution in [0, 0.1) is 0 Å². The smallest absolute Gasteiger partial charge is 0.320 e. The second-order valence-corrected chi connectivity index (χ2v) is 2.40. The normalized spacial score (nSPS) is 21.7. The average Bonchev–Trinajstić information content (AvgIpc) is 2.38. The second-order valence-electron chi connectivity index (χ2n) is 2.40. The molecule has 0 aromatic carbocycles. The highest BCUT2D eigenvalue weighted by molar-refractivity contribution is 5.73. The Morgan fingerprint density at radius 3 is 2.55 bits per heavy atom. The molecule has 1 aliphatic heterocycles. The number of carboxylic acids is 1. The molecule has 3 heteroatoms. The topological polar surface area (TPSA) is 49.3 Å². The molecule has 1 aliphatic rings. The van der Waals surface area contributed by atoms with Crippen LogP contribution in [0.3, 0.4) is 0 Å². The fourth-order valence-corrected chi connectivity index (χ4v) is 0.895. The minimum absolute atomic E-state index is 0.269. The van der Waals surface area contributed by atoms with Gasteiger partial charge in [-0.2, -0.15) is 0 Å². The minimum atomic E-state index is -0.720. The Labute approximate surface area is 67.1 Å². The number of aliphatic carboxylic acids is 1. The molecule has 1 saturated heterocycles. The van der Waals surface area contributed by atoms with E-state index in [-0.39, 0.29) is 6.04 Å². The van der Waals surface area contributed by atoms with Crippen LogP contribution < -0.4 is 5.32 Å². The van der Waals surface area contributed by atoms with Gasteiger partial charge in [0.15, 0.2) is 0 Å². The molecule has 0 bridgehead atoms. The van der Waals surface area contributed by atoms with Gasteiger partial charge in [0.2, 0.25) is 0 Å². The predicted molar refractivity (Wildman–Crippen MR) is 44.5 cm³/mol. The zero-order valence-electron chi connectivity index (χ0n) is 6.84. The fraction of sp³-hybridized carbons (Fsp3) is 0.625. The van der Waals surface area contributed by atoms with Crippen molar-refractivity contribution in [2.45, 2.75) is 25.8 Å². The third-order valence-electron chi connectivity index (χ3n) is 1.36. The van der Waals surface area contributed by atoms with Crippen molar-refractivity contribution in [3.8, 4) is 0 Å². The molecule has 0 unspecified atom stereocenters. The first-order valence-corrected chi connectivity index (χ1v) is 3.75. The van der Waals surface area contributed by atoms with Gasteiger partial charge in [0, 0.05) is 0 Å². The van der Waals surface area contributed by atoms with Gasteiger partial charge in [-0.1, -0.05) is 6.08 Å². The molecule has 0 spiro atoms. The van der Waals surface area contributed by atoms with Gasteiger partial charge in [0.25, 0.3) is 0 Å². The highest BCUT2D eigenvalue weighted by atomic mass is 16.4. The highest BCUT2D eigenvalue weighted by Crippen LogP contribution is 2.03. The lowest BCUT2D eigenvalue weighted by atomic mass is 10.2. The third-order valence-corrected chi connectivity index (χ3v) is 1.36. The Morgan fingerprint density at radius 2 is 2.36 bits per heavy atom. The number of rotatable bonds is 1. The molecule has 64 valence electrons. The number of hydrogen-bond acceptors (Lipinski definition) is 2. The number of carbonyl (C=O) groups is 1. The third kappa shape index (κ3) is 4.56. The number of allylic oxidation sites excluding steroid dienone is 1. The molecule has 2 N–H and O–H groups in total. The minimum Gasteiger partial charge on any atom is -0.480 e. The summed E-state index contributed by atoms with van der Waals surface area (Å²) in [5.41, 5.74) is 0. The van der Waals surface area contributed by atoms with E-state index < -0.39 is 5.97 Å². The van der Waals surface area contributed by atoms with E-state index in [1.807, 2.05) is 6.92 Å². The quantitative estimate of drug-likeness (QED) is 0.558. The Kier molecular flexibility index (Phi) is 5.47. The van der Waals surface area contributed by atoms with Gasteiger partial charge in [-0.15, -0.1) is 6.58 Å². The molecule has 0 aliphatic carbocycles. The van der Waals surface area contributed by atoms with E-state index in [0.29, 0.717) is 0 Å². The Balaban J connectivity index is 0.000000292. The lowest BCUT2D eigenvalue weighted by Crippen LogP contribution is -2.29. The van der Waals surface area contributed by atoms with Crippen LogP contribution in [0.4, 0.5) is 0 Å².